The predicted molar refractivity (Wildman–Crippen MR) is 268 cm³/mol. The molecule has 1 amide bonds. The largest absolute Gasteiger partial charge is 0.472 e. The highest BCUT2D eigenvalue weighted by molar-refractivity contribution is 7.48. The Balaban J connectivity index is 0.000000353. The molecule has 5 rings (SSSR count). The summed E-state index contributed by atoms with van der Waals surface area (Å²) < 4.78 is 129. The quantitative estimate of drug-likeness (QED) is 0.0352. The number of rotatable bonds is 27. The zero-order valence-corrected chi connectivity index (χ0v) is 49.1. The van der Waals surface area contributed by atoms with E-state index in [0.717, 1.165) is 39.5 Å². The molecule has 9 N–H and O–H groups in total. The van der Waals surface area contributed by atoms with E-state index in [1.165, 1.54) is 7.05 Å². The molecule has 0 aromatic carbocycles. The number of hydrogen-bond donors (Lipinski definition) is 7. The lowest BCUT2D eigenvalue weighted by atomic mass is 10.1. The number of imidazole rings is 1. The van der Waals surface area contributed by atoms with Gasteiger partial charge in [0.1, 0.15) is 49.3 Å². The van der Waals surface area contributed by atoms with Gasteiger partial charge in [0.2, 0.25) is 5.91 Å². The Kier molecular flexibility index (Phi) is 31.4. The number of hydrogen-bond acceptors (Lipinski definition) is 25. The van der Waals surface area contributed by atoms with Crippen molar-refractivity contribution in [3.8, 4) is 0 Å². The molecule has 4 aliphatic rings. The average molecular weight is 1200 g/mol. The molecule has 0 bridgehead atoms. The van der Waals surface area contributed by atoms with Gasteiger partial charge in [0, 0.05) is 61.0 Å². The molecule has 0 radical (unpaired) electrons. The molecule has 4 aliphatic heterocycles. The van der Waals surface area contributed by atoms with Gasteiger partial charge in [0.15, 0.2) is 6.10 Å². The molecule has 5 heterocycles. The van der Waals surface area contributed by atoms with Crippen LogP contribution in [0.3, 0.4) is 0 Å². The van der Waals surface area contributed by atoms with Gasteiger partial charge in [-0.3, -0.25) is 45.8 Å². The fourth-order valence-corrected chi connectivity index (χ4v) is 9.79. The van der Waals surface area contributed by atoms with Crippen LogP contribution in [0, 0.1) is 0 Å². The third-order valence-electron chi connectivity index (χ3n) is 11.4. The van der Waals surface area contributed by atoms with Crippen LogP contribution in [0.25, 0.3) is 0 Å². The minimum atomic E-state index is -4.25. The number of amides is 1. The lowest BCUT2D eigenvalue weighted by Crippen LogP contribution is -2.42. The number of likely N-dealkylation sites (N-methyl/N-ethyl adjacent to an activating group) is 2. The van der Waals surface area contributed by atoms with Crippen molar-refractivity contribution < 1.29 is 126 Å². The second kappa shape index (κ2) is 34.0. The van der Waals surface area contributed by atoms with Crippen LogP contribution in [0.2, 0.25) is 0 Å². The summed E-state index contributed by atoms with van der Waals surface area (Å²) >= 11 is 0. The molecular weight excluding hydrogens is 1120 g/mol. The Hall–Kier alpha value is -1.81. The maximum absolute atomic E-state index is 11.8. The molecular formula is C41H83N6O26P4+. The van der Waals surface area contributed by atoms with E-state index < -0.39 is 98.0 Å². The molecule has 4 fully saturated rings. The van der Waals surface area contributed by atoms with Crippen LogP contribution in [-0.4, -0.2) is 241 Å². The lowest BCUT2D eigenvalue weighted by molar-refractivity contribution is -0.870. The zero-order chi connectivity index (χ0) is 58.4. The number of phosphoric ester groups is 4. The van der Waals surface area contributed by atoms with Crippen molar-refractivity contribution in [3.63, 3.8) is 0 Å². The van der Waals surface area contributed by atoms with E-state index in [9.17, 15) is 47.4 Å². The van der Waals surface area contributed by atoms with Crippen LogP contribution in [0.1, 0.15) is 34.1 Å². The van der Waals surface area contributed by atoms with Gasteiger partial charge >= 0.3 is 37.3 Å². The second-order valence-electron chi connectivity index (χ2n) is 18.3. The molecule has 0 aliphatic carbocycles. The molecule has 9 unspecified atom stereocenters. The summed E-state index contributed by atoms with van der Waals surface area (Å²) in [5.74, 6) is -1.24. The summed E-state index contributed by atoms with van der Waals surface area (Å²) in [5.41, 5.74) is 10.8. The number of nitrogens with zero attached hydrogens (tertiary/aromatic N) is 3. The zero-order valence-electron chi connectivity index (χ0n) is 45.6. The van der Waals surface area contributed by atoms with Gasteiger partial charge in [-0.15, -0.1) is 0 Å². The van der Waals surface area contributed by atoms with E-state index >= 15 is 0 Å². The Labute approximate surface area is 449 Å². The van der Waals surface area contributed by atoms with Crippen molar-refractivity contribution in [2.75, 3.05) is 116 Å². The normalized spacial score (nSPS) is 30.6. The lowest BCUT2D eigenvalue weighted by Gasteiger charge is -2.26. The Morgan fingerprint density at radius 3 is 1.36 bits per heavy atom. The van der Waals surface area contributed by atoms with E-state index in [2.05, 4.69) is 49.5 Å². The fourth-order valence-electron chi connectivity index (χ4n) is 6.99. The first kappa shape index (κ1) is 71.3. The number of ether oxygens (including phenoxy) is 8. The van der Waals surface area contributed by atoms with E-state index in [1.807, 2.05) is 10.8 Å². The van der Waals surface area contributed by atoms with Crippen molar-refractivity contribution in [2.45, 2.75) is 120 Å². The van der Waals surface area contributed by atoms with Crippen LogP contribution in [0.15, 0.2) is 18.7 Å². The van der Waals surface area contributed by atoms with E-state index in [0.29, 0.717) is 52.7 Å². The molecule has 36 heteroatoms. The maximum atomic E-state index is 11.8. The standard InChI is InChI=1S/C11H21N2O8P.C11H19N2O6P.C11H24NO6P.C8H18NO6P/c1-6-10(21-22(16,17)18-3)8(5-19-6)20-9(14)4-7(12)11(15)13-2;1-9-11(19-20(14,15)16-2)10(7-18-9)17-6-5-13-4-3-12-8-13;1-9-11(18-19(13,14)15-5)10(8-17-9)16-7-6-12(2,3)4;1-6-8(15-16(10,11)12-2)7(5-14-6)13-4-3-9/h6-8,10H,4-5,12H2,1-3H3,(H,13,15)(H,16,17);3-4,8-11H,5-7H2,1-2H3,(H,14,15);9-11H,6-8H2,1-5H3;6-8H,3-5,9H2,1-2H3,(H,10,11)/p+1/t6-,7?,8?,10+;2*9-,10?,11+;6-,7?,8+/m1111/s1. The highest BCUT2D eigenvalue weighted by atomic mass is 31.2. The highest BCUT2D eigenvalue weighted by Crippen LogP contribution is 2.48. The second-order valence-corrected chi connectivity index (χ2v) is 24.4. The SMILES string of the molecule is CNC(=O)C(N)CC(=O)OC1CO[C@H](C)[C@@H]1OP(=O)(O)OC.COP(=O)(O)O[C@@H]1C(OCCN)CO[C@@H]1C.COP(=O)(O)O[C@@H]1C(OCC[N+](C)(C)C)CO[C@@H]1C.COP(=O)(O)O[C@@H]1C(OCCn2ccnc2)CO[C@@H]1C. The molecule has 4 saturated heterocycles. The number of nitrogens with two attached hydrogens (primary N) is 2. The van der Waals surface area contributed by atoms with Crippen LogP contribution in [0.5, 0.6) is 0 Å². The summed E-state index contributed by atoms with van der Waals surface area (Å²) in [6.07, 6.45) is -1.49. The number of phosphoric acid groups is 4. The predicted octanol–water partition coefficient (Wildman–Crippen LogP) is 0.241. The number of carbonyl (C=O) groups excluding carboxylic acids is 2. The van der Waals surface area contributed by atoms with Crippen molar-refractivity contribution in [1.29, 1.82) is 0 Å². The monoisotopic (exact) mass is 1200 g/mol. The maximum Gasteiger partial charge on any atom is 0.472 e. The first-order valence-electron chi connectivity index (χ1n) is 24.1. The number of carbonyl (C=O) groups is 2. The van der Waals surface area contributed by atoms with Crippen LogP contribution < -0.4 is 16.8 Å². The fraction of sp³-hybridized carbons (Fsp3) is 0.878. The van der Waals surface area contributed by atoms with Gasteiger partial charge in [-0.25, -0.2) is 23.2 Å². The molecule has 17 atom stereocenters. The minimum Gasteiger partial charge on any atom is -0.457 e. The van der Waals surface area contributed by atoms with Crippen LogP contribution in [-0.2, 0) is 108 Å². The Morgan fingerprint density at radius 1 is 0.662 bits per heavy atom. The summed E-state index contributed by atoms with van der Waals surface area (Å²) in [6, 6.07) is -1.04. The Bertz CT molecular complexity index is 2070. The number of esters is 1. The summed E-state index contributed by atoms with van der Waals surface area (Å²) in [7, 11) is -4.37. The number of quaternary nitrogens is 1. The minimum absolute atomic E-state index is 0.00347. The summed E-state index contributed by atoms with van der Waals surface area (Å²) in [5, 5.41) is 2.31. The van der Waals surface area contributed by atoms with Crippen LogP contribution in [0.4, 0.5) is 0 Å². The third kappa shape index (κ3) is 26.8. The third-order valence-corrected chi connectivity index (χ3v) is 15.3. The molecule has 0 saturated carbocycles. The molecule has 452 valence electrons. The smallest absolute Gasteiger partial charge is 0.457 e. The number of aromatic nitrogens is 2. The summed E-state index contributed by atoms with van der Waals surface area (Å²) in [4.78, 5) is 64.3. The molecule has 77 heavy (non-hydrogen) atoms. The summed E-state index contributed by atoms with van der Waals surface area (Å²) in [6.45, 7) is 11.0. The molecule has 32 nitrogen and oxygen atoms in total. The van der Waals surface area contributed by atoms with Crippen molar-refractivity contribution in [1.82, 2.24) is 14.9 Å². The average Bonchev–Trinajstić information content (AvgIpc) is 4.22. The van der Waals surface area contributed by atoms with E-state index in [4.69, 9.17) is 67.5 Å². The van der Waals surface area contributed by atoms with Crippen LogP contribution >= 0.6 is 31.3 Å². The number of nitrogens with one attached hydrogen (secondary N) is 1. The van der Waals surface area contributed by atoms with Gasteiger partial charge < -0.3 is 83.3 Å². The van der Waals surface area contributed by atoms with Gasteiger partial charge in [0.05, 0.1) is 111 Å². The first-order chi connectivity index (χ1) is 35.9. The molecule has 1 aromatic rings. The highest BCUT2D eigenvalue weighted by Gasteiger charge is 2.45. The van der Waals surface area contributed by atoms with E-state index in [-0.39, 0.29) is 37.4 Å². The first-order valence-corrected chi connectivity index (χ1v) is 30.1. The van der Waals surface area contributed by atoms with Gasteiger partial charge in [0.25, 0.3) is 0 Å². The van der Waals surface area contributed by atoms with Crippen molar-refractivity contribution in [2.24, 2.45) is 11.5 Å². The van der Waals surface area contributed by atoms with Gasteiger partial charge in [-0.2, -0.15) is 0 Å². The van der Waals surface area contributed by atoms with Gasteiger partial charge in [-0.05, 0) is 27.7 Å². The van der Waals surface area contributed by atoms with E-state index in [1.54, 1.807) is 40.2 Å². The van der Waals surface area contributed by atoms with Crippen molar-refractivity contribution >= 4 is 43.2 Å². The Morgan fingerprint density at radius 2 is 1.03 bits per heavy atom. The molecule has 1 aromatic heterocycles. The topological polar surface area (TPSA) is 413 Å². The van der Waals surface area contributed by atoms with Gasteiger partial charge in [-0.1, -0.05) is 0 Å². The molecule has 0 spiro atoms. The van der Waals surface area contributed by atoms with Crippen molar-refractivity contribution in [3.05, 3.63) is 18.7 Å².